The predicted molar refractivity (Wildman–Crippen MR) is 83.9 cm³/mol. The van der Waals surface area contributed by atoms with Gasteiger partial charge in [-0.2, -0.15) is 13.2 Å². The standard InChI is InChI=1S/C16H16F3NO3S/c1-23-11-10-20-24(21,22)15-8-4-13(5-9-15)12-2-6-14(7-3-12)16(17,18)19/h2-9,20H,10-11H2,1H3. The predicted octanol–water partition coefficient (Wildman–Crippen LogP) is 3.30. The van der Waals surface area contributed by atoms with Gasteiger partial charge >= 0.3 is 6.18 Å². The second kappa shape index (κ2) is 7.33. The zero-order valence-electron chi connectivity index (χ0n) is 12.8. The Morgan fingerprint density at radius 3 is 1.92 bits per heavy atom. The number of nitrogens with one attached hydrogen (secondary N) is 1. The van der Waals surface area contributed by atoms with Crippen LogP contribution >= 0.6 is 0 Å². The molecule has 0 amide bonds. The van der Waals surface area contributed by atoms with Crippen LogP contribution in [0, 0.1) is 0 Å². The van der Waals surface area contributed by atoms with Gasteiger partial charge in [-0.1, -0.05) is 24.3 Å². The number of halogens is 3. The Morgan fingerprint density at radius 2 is 1.46 bits per heavy atom. The fourth-order valence-corrected chi connectivity index (χ4v) is 3.05. The Morgan fingerprint density at radius 1 is 0.958 bits per heavy atom. The highest BCUT2D eigenvalue weighted by Gasteiger charge is 2.29. The SMILES string of the molecule is COCCNS(=O)(=O)c1ccc(-c2ccc(C(F)(F)F)cc2)cc1. The van der Waals surface area contributed by atoms with E-state index in [4.69, 9.17) is 4.74 Å². The zero-order valence-corrected chi connectivity index (χ0v) is 13.6. The molecule has 0 bridgehead atoms. The van der Waals surface area contributed by atoms with Crippen molar-refractivity contribution in [1.29, 1.82) is 0 Å². The Bertz CT molecular complexity index is 770. The van der Waals surface area contributed by atoms with Gasteiger partial charge in [0.15, 0.2) is 0 Å². The summed E-state index contributed by atoms with van der Waals surface area (Å²) in [5.41, 5.74) is 0.464. The number of hydrogen-bond acceptors (Lipinski definition) is 3. The first-order valence-electron chi connectivity index (χ1n) is 7.00. The lowest BCUT2D eigenvalue weighted by Crippen LogP contribution is -2.27. The van der Waals surface area contributed by atoms with Gasteiger partial charge in [0.2, 0.25) is 10.0 Å². The van der Waals surface area contributed by atoms with Crippen molar-refractivity contribution < 1.29 is 26.3 Å². The Balaban J connectivity index is 2.17. The van der Waals surface area contributed by atoms with E-state index in [9.17, 15) is 21.6 Å². The van der Waals surface area contributed by atoms with E-state index in [1.165, 1.54) is 31.4 Å². The minimum atomic E-state index is -4.38. The van der Waals surface area contributed by atoms with Crippen molar-refractivity contribution in [2.75, 3.05) is 20.3 Å². The van der Waals surface area contributed by atoms with Crippen LogP contribution in [0.25, 0.3) is 11.1 Å². The van der Waals surface area contributed by atoms with Gasteiger partial charge in [0.1, 0.15) is 0 Å². The van der Waals surface area contributed by atoms with Gasteiger partial charge in [-0.3, -0.25) is 0 Å². The maximum absolute atomic E-state index is 12.6. The fraction of sp³-hybridized carbons (Fsp3) is 0.250. The third kappa shape index (κ3) is 4.56. The van der Waals surface area contributed by atoms with Crippen LogP contribution < -0.4 is 4.72 Å². The molecule has 0 atom stereocenters. The molecule has 24 heavy (non-hydrogen) atoms. The van der Waals surface area contributed by atoms with Crippen molar-refractivity contribution in [3.05, 3.63) is 54.1 Å². The molecule has 0 aromatic heterocycles. The van der Waals surface area contributed by atoms with Crippen molar-refractivity contribution in [3.63, 3.8) is 0 Å². The van der Waals surface area contributed by atoms with Gasteiger partial charge in [0.05, 0.1) is 17.1 Å². The zero-order chi connectivity index (χ0) is 17.8. The van der Waals surface area contributed by atoms with Crippen molar-refractivity contribution in [2.45, 2.75) is 11.1 Å². The first-order valence-corrected chi connectivity index (χ1v) is 8.48. The minimum absolute atomic E-state index is 0.0780. The summed E-state index contributed by atoms with van der Waals surface area (Å²) in [4.78, 5) is 0.0780. The molecule has 0 aliphatic heterocycles. The lowest BCUT2D eigenvalue weighted by atomic mass is 10.0. The molecule has 2 rings (SSSR count). The van der Waals surface area contributed by atoms with E-state index < -0.39 is 21.8 Å². The molecule has 0 radical (unpaired) electrons. The topological polar surface area (TPSA) is 55.4 Å². The Kier molecular flexibility index (Phi) is 5.63. The first-order chi connectivity index (χ1) is 11.2. The summed E-state index contributed by atoms with van der Waals surface area (Å²) in [6, 6.07) is 10.6. The third-order valence-electron chi connectivity index (χ3n) is 3.31. The number of alkyl halides is 3. The number of methoxy groups -OCH3 is 1. The molecule has 0 spiro atoms. The van der Waals surface area contributed by atoms with Gasteiger partial charge in [-0.15, -0.1) is 0 Å². The largest absolute Gasteiger partial charge is 0.416 e. The molecule has 8 heteroatoms. The molecule has 0 saturated carbocycles. The summed E-state index contributed by atoms with van der Waals surface area (Å²) in [6.45, 7) is 0.405. The molecule has 0 aliphatic carbocycles. The third-order valence-corrected chi connectivity index (χ3v) is 4.79. The monoisotopic (exact) mass is 359 g/mol. The molecular formula is C16H16F3NO3S. The van der Waals surface area contributed by atoms with Crippen LogP contribution in [0.2, 0.25) is 0 Å². The number of benzene rings is 2. The van der Waals surface area contributed by atoms with Crippen LogP contribution in [0.15, 0.2) is 53.4 Å². The van der Waals surface area contributed by atoms with Gasteiger partial charge in [-0.05, 0) is 35.4 Å². The summed E-state index contributed by atoms with van der Waals surface area (Å²) in [5, 5.41) is 0. The van der Waals surface area contributed by atoms with Gasteiger partial charge in [0.25, 0.3) is 0 Å². The highest BCUT2D eigenvalue weighted by molar-refractivity contribution is 7.89. The molecule has 0 saturated heterocycles. The Labute approximate surface area is 138 Å². The van der Waals surface area contributed by atoms with Gasteiger partial charge < -0.3 is 4.74 Å². The maximum Gasteiger partial charge on any atom is 0.416 e. The molecule has 4 nitrogen and oxygen atoms in total. The van der Waals surface area contributed by atoms with Crippen molar-refractivity contribution in [3.8, 4) is 11.1 Å². The second-order valence-electron chi connectivity index (χ2n) is 4.99. The Hall–Kier alpha value is -1.90. The molecule has 2 aromatic rings. The van der Waals surface area contributed by atoms with Gasteiger partial charge in [-0.25, -0.2) is 13.1 Å². The van der Waals surface area contributed by atoms with Crippen LogP contribution in [-0.2, 0) is 20.9 Å². The van der Waals surface area contributed by atoms with E-state index in [2.05, 4.69) is 4.72 Å². The lowest BCUT2D eigenvalue weighted by molar-refractivity contribution is -0.137. The molecule has 0 aliphatic rings. The van der Waals surface area contributed by atoms with Crippen LogP contribution in [-0.4, -0.2) is 28.7 Å². The highest BCUT2D eigenvalue weighted by atomic mass is 32.2. The van der Waals surface area contributed by atoms with Crippen LogP contribution in [0.4, 0.5) is 13.2 Å². The van der Waals surface area contributed by atoms with E-state index in [0.29, 0.717) is 11.1 Å². The number of ether oxygens (including phenoxy) is 1. The van der Waals surface area contributed by atoms with Gasteiger partial charge in [0, 0.05) is 13.7 Å². The smallest absolute Gasteiger partial charge is 0.383 e. The van der Waals surface area contributed by atoms with E-state index >= 15 is 0 Å². The molecule has 1 N–H and O–H groups in total. The summed E-state index contributed by atoms with van der Waals surface area (Å²) in [6.07, 6.45) is -4.38. The molecular weight excluding hydrogens is 343 g/mol. The molecule has 2 aromatic carbocycles. The highest BCUT2D eigenvalue weighted by Crippen LogP contribution is 2.31. The van der Waals surface area contributed by atoms with Crippen molar-refractivity contribution >= 4 is 10.0 Å². The average Bonchev–Trinajstić information content (AvgIpc) is 2.54. The first kappa shape index (κ1) is 18.4. The van der Waals surface area contributed by atoms with E-state index in [-0.39, 0.29) is 18.0 Å². The van der Waals surface area contributed by atoms with Crippen LogP contribution in [0.5, 0.6) is 0 Å². The molecule has 130 valence electrons. The second-order valence-corrected chi connectivity index (χ2v) is 6.76. The molecule has 0 heterocycles. The minimum Gasteiger partial charge on any atom is -0.383 e. The van der Waals surface area contributed by atoms with E-state index in [0.717, 1.165) is 12.1 Å². The quantitative estimate of drug-likeness (QED) is 0.805. The summed E-state index contributed by atoms with van der Waals surface area (Å²) in [5.74, 6) is 0. The van der Waals surface area contributed by atoms with E-state index in [1.807, 2.05) is 0 Å². The van der Waals surface area contributed by atoms with Crippen molar-refractivity contribution in [2.24, 2.45) is 0 Å². The van der Waals surface area contributed by atoms with Crippen LogP contribution in [0.1, 0.15) is 5.56 Å². The van der Waals surface area contributed by atoms with E-state index in [1.54, 1.807) is 12.1 Å². The molecule has 0 unspecified atom stereocenters. The summed E-state index contributed by atoms with van der Waals surface area (Å²) >= 11 is 0. The fourth-order valence-electron chi connectivity index (χ4n) is 2.04. The summed E-state index contributed by atoms with van der Waals surface area (Å²) < 4.78 is 68.8. The molecule has 0 fully saturated rings. The van der Waals surface area contributed by atoms with Crippen molar-refractivity contribution in [1.82, 2.24) is 4.72 Å². The van der Waals surface area contributed by atoms with Crippen LogP contribution in [0.3, 0.4) is 0 Å². The number of sulfonamides is 1. The lowest BCUT2D eigenvalue weighted by Gasteiger charge is -2.09. The normalized spacial score (nSPS) is 12.3. The number of hydrogen-bond donors (Lipinski definition) is 1. The number of rotatable bonds is 6. The summed E-state index contributed by atoms with van der Waals surface area (Å²) in [7, 11) is -2.17. The average molecular weight is 359 g/mol. The maximum atomic E-state index is 12.6.